The minimum absolute atomic E-state index is 0.649. The molecule has 0 saturated carbocycles. The molecule has 0 aromatic carbocycles. The predicted octanol–water partition coefficient (Wildman–Crippen LogP) is 2.29. The van der Waals surface area contributed by atoms with Crippen molar-refractivity contribution in [3.8, 4) is 0 Å². The van der Waals surface area contributed by atoms with E-state index in [2.05, 4.69) is 27.9 Å². The summed E-state index contributed by atoms with van der Waals surface area (Å²) < 4.78 is 1.18. The summed E-state index contributed by atoms with van der Waals surface area (Å²) in [5.74, 6) is 0. The predicted molar refractivity (Wildman–Crippen MR) is 58.8 cm³/mol. The molecular weight excluding hydrogens is 194 g/mol. The Hall–Kier alpha value is -1.16. The summed E-state index contributed by atoms with van der Waals surface area (Å²) in [6.45, 7) is 3.38. The van der Waals surface area contributed by atoms with Crippen molar-refractivity contribution in [2.75, 3.05) is 11.4 Å². The Labute approximate surface area is 86.4 Å². The fourth-order valence-electron chi connectivity index (χ4n) is 1.68. The zero-order chi connectivity index (χ0) is 9.54. The van der Waals surface area contributed by atoms with Crippen LogP contribution in [0.25, 0.3) is 10.3 Å². The third kappa shape index (κ3) is 1.10. The van der Waals surface area contributed by atoms with Gasteiger partial charge in [-0.2, -0.15) is 4.98 Å². The summed E-state index contributed by atoms with van der Waals surface area (Å²) in [6, 6.07) is 4.69. The Kier molecular flexibility index (Phi) is 1.70. The van der Waals surface area contributed by atoms with Crippen molar-refractivity contribution in [1.29, 1.82) is 0 Å². The van der Waals surface area contributed by atoms with Gasteiger partial charge in [0.05, 0.1) is 4.70 Å². The lowest BCUT2D eigenvalue weighted by Gasteiger charge is -2.38. The first-order valence-electron chi connectivity index (χ1n) is 4.83. The first-order chi connectivity index (χ1) is 6.84. The van der Waals surface area contributed by atoms with Crippen LogP contribution >= 0.6 is 11.3 Å². The summed E-state index contributed by atoms with van der Waals surface area (Å²) in [5, 5.41) is 1.12. The number of aromatic nitrogens is 2. The molecule has 3 heterocycles. The van der Waals surface area contributed by atoms with E-state index in [-0.39, 0.29) is 0 Å². The summed E-state index contributed by atoms with van der Waals surface area (Å²) >= 11 is 1.74. The highest BCUT2D eigenvalue weighted by Gasteiger charge is 2.26. The average Bonchev–Trinajstić information content (AvgIpc) is 2.58. The van der Waals surface area contributed by atoms with E-state index in [4.69, 9.17) is 0 Å². The topological polar surface area (TPSA) is 29.0 Å². The minimum atomic E-state index is 0.649. The first-order valence-corrected chi connectivity index (χ1v) is 5.64. The lowest BCUT2D eigenvalue weighted by Crippen LogP contribution is -2.45. The van der Waals surface area contributed by atoms with E-state index in [0.29, 0.717) is 6.04 Å². The van der Waals surface area contributed by atoms with Gasteiger partial charge in [0.1, 0.15) is 0 Å². The van der Waals surface area contributed by atoms with Crippen molar-refractivity contribution in [3.05, 3.63) is 18.3 Å². The summed E-state index contributed by atoms with van der Waals surface area (Å²) in [5.41, 5.74) is 0.881. The number of pyridine rings is 1. The maximum atomic E-state index is 4.52. The maximum absolute atomic E-state index is 4.52. The molecule has 1 unspecified atom stereocenters. The highest BCUT2D eigenvalue weighted by Crippen LogP contribution is 2.32. The van der Waals surface area contributed by atoms with Crippen molar-refractivity contribution >= 4 is 26.8 Å². The van der Waals surface area contributed by atoms with E-state index in [1.807, 2.05) is 6.07 Å². The number of anilines is 1. The molecule has 3 nitrogen and oxygen atoms in total. The van der Waals surface area contributed by atoms with Gasteiger partial charge in [-0.15, -0.1) is 0 Å². The van der Waals surface area contributed by atoms with Crippen LogP contribution in [0.5, 0.6) is 0 Å². The Balaban J connectivity index is 2.06. The van der Waals surface area contributed by atoms with Crippen molar-refractivity contribution in [3.63, 3.8) is 0 Å². The third-order valence-electron chi connectivity index (χ3n) is 2.72. The van der Waals surface area contributed by atoms with Crippen LogP contribution < -0.4 is 4.90 Å². The molecule has 14 heavy (non-hydrogen) atoms. The monoisotopic (exact) mass is 205 g/mol. The minimum Gasteiger partial charge on any atom is -0.345 e. The summed E-state index contributed by atoms with van der Waals surface area (Å²) in [6.07, 6.45) is 3.08. The van der Waals surface area contributed by atoms with E-state index in [1.54, 1.807) is 17.5 Å². The molecule has 0 N–H and O–H groups in total. The Morgan fingerprint density at radius 2 is 2.50 bits per heavy atom. The van der Waals surface area contributed by atoms with E-state index in [1.165, 1.54) is 11.1 Å². The number of thiazole rings is 1. The number of rotatable bonds is 1. The molecule has 0 aliphatic carbocycles. The first kappa shape index (κ1) is 8.17. The summed E-state index contributed by atoms with van der Waals surface area (Å²) in [4.78, 5) is 11.1. The van der Waals surface area contributed by atoms with Crippen LogP contribution in [0.3, 0.4) is 0 Å². The van der Waals surface area contributed by atoms with Crippen LogP contribution in [0.4, 0.5) is 5.13 Å². The Bertz CT molecular complexity index is 432. The van der Waals surface area contributed by atoms with Crippen LogP contribution in [0.2, 0.25) is 0 Å². The molecule has 1 aliphatic rings. The van der Waals surface area contributed by atoms with Crippen LogP contribution in [-0.4, -0.2) is 22.6 Å². The maximum Gasteiger partial charge on any atom is 0.188 e. The molecule has 2 aromatic rings. The second-order valence-corrected chi connectivity index (χ2v) is 4.66. The Morgan fingerprint density at radius 1 is 1.57 bits per heavy atom. The highest BCUT2D eigenvalue weighted by molar-refractivity contribution is 7.22. The zero-order valence-electron chi connectivity index (χ0n) is 7.97. The van der Waals surface area contributed by atoms with Gasteiger partial charge in [-0.25, -0.2) is 4.98 Å². The number of hydrogen-bond acceptors (Lipinski definition) is 4. The lowest BCUT2D eigenvalue weighted by molar-refractivity contribution is 0.481. The second kappa shape index (κ2) is 2.92. The van der Waals surface area contributed by atoms with E-state index in [0.717, 1.165) is 17.3 Å². The van der Waals surface area contributed by atoms with Gasteiger partial charge in [-0.05, 0) is 25.5 Å². The molecule has 0 spiro atoms. The van der Waals surface area contributed by atoms with Gasteiger partial charge in [0.15, 0.2) is 10.8 Å². The van der Waals surface area contributed by atoms with Crippen molar-refractivity contribution < 1.29 is 0 Å². The van der Waals surface area contributed by atoms with Crippen molar-refractivity contribution in [1.82, 2.24) is 9.97 Å². The molecule has 1 saturated heterocycles. The molecule has 0 bridgehead atoms. The zero-order valence-corrected chi connectivity index (χ0v) is 8.79. The molecule has 1 atom stereocenters. The Morgan fingerprint density at radius 3 is 3.14 bits per heavy atom. The van der Waals surface area contributed by atoms with Crippen LogP contribution in [-0.2, 0) is 0 Å². The average molecular weight is 205 g/mol. The molecule has 3 rings (SSSR count). The normalized spacial score (nSPS) is 21.2. The van der Waals surface area contributed by atoms with E-state index < -0.39 is 0 Å². The molecule has 2 aromatic heterocycles. The van der Waals surface area contributed by atoms with Crippen molar-refractivity contribution in [2.24, 2.45) is 0 Å². The number of fused-ring (bicyclic) bond motifs is 1. The van der Waals surface area contributed by atoms with Crippen LogP contribution in [0.15, 0.2) is 18.3 Å². The van der Waals surface area contributed by atoms with Gasteiger partial charge in [0.2, 0.25) is 0 Å². The lowest BCUT2D eigenvalue weighted by atomic mass is 10.1. The van der Waals surface area contributed by atoms with Crippen molar-refractivity contribution in [2.45, 2.75) is 19.4 Å². The smallest absolute Gasteiger partial charge is 0.188 e. The third-order valence-corrected chi connectivity index (χ3v) is 3.77. The molecule has 0 amide bonds. The SMILES string of the molecule is CC1CCN1c1nc2ncccc2s1. The molecular formula is C10H11N3S. The number of nitrogens with zero attached hydrogens (tertiary/aromatic N) is 3. The van der Waals surface area contributed by atoms with Gasteiger partial charge in [0.25, 0.3) is 0 Å². The standard InChI is InChI=1S/C10H11N3S/c1-7-4-6-13(7)10-12-9-8(14-10)3-2-5-11-9/h2-3,5,7H,4,6H2,1H3. The van der Waals surface area contributed by atoms with Gasteiger partial charge >= 0.3 is 0 Å². The fraction of sp³-hybridized carbons (Fsp3) is 0.400. The fourth-order valence-corrected chi connectivity index (χ4v) is 2.73. The van der Waals surface area contributed by atoms with Crippen LogP contribution in [0, 0.1) is 0 Å². The molecule has 72 valence electrons. The van der Waals surface area contributed by atoms with Gasteiger partial charge in [0, 0.05) is 18.8 Å². The van der Waals surface area contributed by atoms with Gasteiger partial charge < -0.3 is 4.90 Å². The second-order valence-electron chi connectivity index (χ2n) is 3.65. The van der Waals surface area contributed by atoms with Gasteiger partial charge in [-0.3, -0.25) is 0 Å². The number of hydrogen-bond donors (Lipinski definition) is 0. The molecule has 1 aliphatic heterocycles. The summed E-state index contributed by atoms with van der Waals surface area (Å²) in [7, 11) is 0. The van der Waals surface area contributed by atoms with Crippen LogP contribution in [0.1, 0.15) is 13.3 Å². The molecule has 1 fully saturated rings. The molecule has 4 heteroatoms. The van der Waals surface area contributed by atoms with E-state index >= 15 is 0 Å². The highest BCUT2D eigenvalue weighted by atomic mass is 32.1. The van der Waals surface area contributed by atoms with E-state index in [9.17, 15) is 0 Å². The quantitative estimate of drug-likeness (QED) is 0.715. The van der Waals surface area contributed by atoms with Gasteiger partial charge in [-0.1, -0.05) is 11.3 Å². The largest absolute Gasteiger partial charge is 0.345 e. The molecule has 0 radical (unpaired) electrons.